The molecule has 0 fully saturated rings. The third kappa shape index (κ3) is 6.06. The average Bonchev–Trinajstić information content (AvgIpc) is 3.80. The topological polar surface area (TPSA) is 21.9 Å². The van der Waals surface area contributed by atoms with Crippen LogP contribution in [-0.4, -0.2) is 9.13 Å². The number of hydrogen-bond acceptors (Lipinski definition) is 1. The van der Waals surface area contributed by atoms with Gasteiger partial charge >= 0.3 is 0 Å². The van der Waals surface area contributed by atoms with E-state index in [2.05, 4.69) is 197 Å². The highest BCUT2D eigenvalue weighted by molar-refractivity contribution is 6.09. The van der Waals surface area contributed by atoms with Crippen LogP contribution in [0.1, 0.15) is 53.8 Å². The number of para-hydroxylation sites is 2. The number of aromatic nitrogens is 2. The summed E-state index contributed by atoms with van der Waals surface area (Å²) < 4.78 is 5.04. The summed E-state index contributed by atoms with van der Waals surface area (Å²) in [4.78, 5) is 0. The first-order valence-electron chi connectivity index (χ1n) is 20.7. The lowest BCUT2D eigenvalue weighted by Crippen LogP contribution is -2.19. The summed E-state index contributed by atoms with van der Waals surface area (Å²) in [6, 6.07) is 44.0. The molecule has 4 aliphatic carbocycles. The zero-order valence-corrected chi connectivity index (χ0v) is 32.1. The van der Waals surface area contributed by atoms with Crippen molar-refractivity contribution in [2.45, 2.75) is 38.5 Å². The molecule has 0 aliphatic heterocycles. The Bertz CT molecular complexity index is 2770. The van der Waals surface area contributed by atoms with E-state index in [1.165, 1.54) is 78.0 Å². The molecule has 3 nitrogen and oxygen atoms in total. The van der Waals surface area contributed by atoms with Crippen molar-refractivity contribution in [3.05, 3.63) is 198 Å². The van der Waals surface area contributed by atoms with E-state index < -0.39 is 0 Å². The molecule has 0 amide bonds. The minimum absolute atomic E-state index is 0.478. The predicted octanol–water partition coefficient (Wildman–Crippen LogP) is 14.0. The summed E-state index contributed by atoms with van der Waals surface area (Å²) in [6.45, 7) is 0. The Hall–Kier alpha value is -6.58. The molecule has 0 saturated carbocycles. The number of nitrogens with zero attached hydrogens (tertiary/aromatic N) is 2. The van der Waals surface area contributed by atoms with E-state index in [9.17, 15) is 0 Å². The van der Waals surface area contributed by atoms with E-state index in [-0.39, 0.29) is 0 Å². The van der Waals surface area contributed by atoms with Gasteiger partial charge in [0.1, 0.15) is 0 Å². The highest BCUT2D eigenvalue weighted by Gasteiger charge is 2.28. The van der Waals surface area contributed by atoms with Gasteiger partial charge in [0.05, 0.1) is 11.0 Å². The summed E-state index contributed by atoms with van der Waals surface area (Å²) in [5.41, 5.74) is 18.3. The van der Waals surface area contributed by atoms with Crippen molar-refractivity contribution in [2.75, 3.05) is 5.32 Å². The third-order valence-electron chi connectivity index (χ3n) is 12.6. The minimum atomic E-state index is 0.478. The molecule has 7 aromatic rings. The van der Waals surface area contributed by atoms with Crippen LogP contribution in [0.15, 0.2) is 170 Å². The van der Waals surface area contributed by atoms with E-state index >= 15 is 0 Å². The summed E-state index contributed by atoms with van der Waals surface area (Å²) in [5.74, 6) is 0.961. The molecule has 2 heterocycles. The number of nitrogens with one attached hydrogen (secondary N) is 1. The van der Waals surface area contributed by atoms with Gasteiger partial charge in [0.15, 0.2) is 0 Å². The van der Waals surface area contributed by atoms with Crippen molar-refractivity contribution in [1.29, 1.82) is 0 Å². The normalized spacial score (nSPS) is 18.4. The molecule has 0 spiro atoms. The van der Waals surface area contributed by atoms with Crippen molar-refractivity contribution < 1.29 is 0 Å². The molecule has 2 unspecified atom stereocenters. The monoisotopic (exact) mass is 735 g/mol. The predicted molar refractivity (Wildman–Crippen MR) is 242 cm³/mol. The van der Waals surface area contributed by atoms with Gasteiger partial charge in [-0.3, -0.25) is 0 Å². The maximum Gasteiger partial charge on any atom is 0.0541 e. The zero-order valence-electron chi connectivity index (χ0n) is 32.1. The van der Waals surface area contributed by atoms with Crippen molar-refractivity contribution in [2.24, 2.45) is 11.8 Å². The van der Waals surface area contributed by atoms with Crippen LogP contribution in [0.5, 0.6) is 0 Å². The van der Waals surface area contributed by atoms with Crippen molar-refractivity contribution in [1.82, 2.24) is 9.13 Å². The molecular formula is C54H45N3. The largest absolute Gasteiger partial charge is 0.356 e. The van der Waals surface area contributed by atoms with Gasteiger partial charge in [-0.1, -0.05) is 127 Å². The Morgan fingerprint density at radius 3 is 1.77 bits per heavy atom. The number of anilines is 2. The number of hydrogen-bond donors (Lipinski definition) is 1. The molecule has 57 heavy (non-hydrogen) atoms. The SMILES string of the molecule is C1=CC(C2C=CC=C(n3c4c(c5c3CCC=C5)C=CCC4)C2)CC(c2ccc(Nc3ccc(-c4cccc(-n5c6ccccc6c6ccccc65)c4)cc3)cc2)=C1. The Kier molecular flexibility index (Phi) is 8.39. The molecule has 2 aromatic heterocycles. The highest BCUT2D eigenvalue weighted by Crippen LogP contribution is 2.42. The summed E-state index contributed by atoms with van der Waals surface area (Å²) >= 11 is 0. The summed E-state index contributed by atoms with van der Waals surface area (Å²) in [7, 11) is 0. The van der Waals surface area contributed by atoms with E-state index in [0.29, 0.717) is 11.8 Å². The smallest absolute Gasteiger partial charge is 0.0541 e. The van der Waals surface area contributed by atoms with Crippen LogP contribution >= 0.6 is 0 Å². The Morgan fingerprint density at radius 2 is 1.11 bits per heavy atom. The van der Waals surface area contributed by atoms with Crippen LogP contribution in [0, 0.1) is 11.8 Å². The lowest BCUT2D eigenvalue weighted by Gasteiger charge is -2.30. The second-order valence-electron chi connectivity index (χ2n) is 16.0. The number of benzene rings is 5. The van der Waals surface area contributed by atoms with Crippen molar-refractivity contribution in [3.8, 4) is 16.8 Å². The van der Waals surface area contributed by atoms with Gasteiger partial charge in [-0.15, -0.1) is 0 Å². The maximum atomic E-state index is 3.64. The standard InChI is InChI=1S/C54H45N3/c1-5-22-51-47(18-1)48-19-2-6-23-52(48)56(51)45-16-10-14-41(35-45)38-28-32-44(33-29-38)55-43-30-26-37(27-31-43)39-12-9-13-40(34-39)42-15-11-17-46(36-42)57-53-24-7-3-20-49(53)50-21-4-8-25-54(50)57/h1-6,9-23,26-33,35,40,42,55H,7-8,24-25,34,36H2. The molecule has 0 radical (unpaired) electrons. The quantitative estimate of drug-likeness (QED) is 0.173. The van der Waals surface area contributed by atoms with Crippen LogP contribution < -0.4 is 5.32 Å². The van der Waals surface area contributed by atoms with Gasteiger partial charge in [-0.25, -0.2) is 0 Å². The van der Waals surface area contributed by atoms with Gasteiger partial charge in [0.25, 0.3) is 0 Å². The van der Waals surface area contributed by atoms with Gasteiger partial charge in [-0.05, 0) is 127 Å². The van der Waals surface area contributed by atoms with Crippen molar-refractivity contribution in [3.63, 3.8) is 0 Å². The molecule has 3 heteroatoms. The fourth-order valence-electron chi connectivity index (χ4n) is 9.83. The Morgan fingerprint density at radius 1 is 0.509 bits per heavy atom. The van der Waals surface area contributed by atoms with Gasteiger partial charge in [-0.2, -0.15) is 0 Å². The van der Waals surface area contributed by atoms with E-state index in [0.717, 1.165) is 49.9 Å². The second-order valence-corrected chi connectivity index (χ2v) is 16.0. The molecule has 0 saturated heterocycles. The first kappa shape index (κ1) is 33.7. The van der Waals surface area contributed by atoms with E-state index in [4.69, 9.17) is 0 Å². The van der Waals surface area contributed by atoms with Crippen LogP contribution in [-0.2, 0) is 12.8 Å². The molecule has 1 N–H and O–H groups in total. The van der Waals surface area contributed by atoms with Crippen LogP contribution in [0.3, 0.4) is 0 Å². The molecule has 5 aromatic carbocycles. The lowest BCUT2D eigenvalue weighted by atomic mass is 9.78. The summed E-state index contributed by atoms with van der Waals surface area (Å²) in [5, 5.41) is 6.20. The highest BCUT2D eigenvalue weighted by atomic mass is 15.0. The first-order valence-corrected chi connectivity index (χ1v) is 20.7. The van der Waals surface area contributed by atoms with Gasteiger partial charge in [0, 0.05) is 56.0 Å². The van der Waals surface area contributed by atoms with Gasteiger partial charge < -0.3 is 14.5 Å². The fourth-order valence-corrected chi connectivity index (χ4v) is 9.83. The van der Waals surface area contributed by atoms with Crippen LogP contribution in [0.25, 0.3) is 62.0 Å². The van der Waals surface area contributed by atoms with E-state index in [1.54, 1.807) is 0 Å². The minimum Gasteiger partial charge on any atom is -0.356 e. The van der Waals surface area contributed by atoms with E-state index in [1.807, 2.05) is 0 Å². The average molecular weight is 736 g/mol. The van der Waals surface area contributed by atoms with Crippen molar-refractivity contribution >= 4 is 56.6 Å². The number of allylic oxidation sites excluding steroid dienone is 10. The fraction of sp³-hybridized carbons (Fsp3) is 0.148. The van der Waals surface area contributed by atoms with Gasteiger partial charge in [0.2, 0.25) is 0 Å². The number of fused-ring (bicyclic) bond motifs is 6. The molecule has 4 aliphatic rings. The summed E-state index contributed by atoms with van der Waals surface area (Å²) in [6.07, 6.45) is 30.3. The van der Waals surface area contributed by atoms with Crippen LogP contribution in [0.4, 0.5) is 11.4 Å². The molecule has 276 valence electrons. The third-order valence-corrected chi connectivity index (χ3v) is 12.6. The first-order chi connectivity index (χ1) is 28.2. The lowest BCUT2D eigenvalue weighted by molar-refractivity contribution is 0.481. The number of rotatable bonds is 7. The molecule has 0 bridgehead atoms. The molecule has 2 atom stereocenters. The molecule has 11 rings (SSSR count). The van der Waals surface area contributed by atoms with Crippen LogP contribution in [0.2, 0.25) is 0 Å². The Labute approximate surface area is 335 Å². The zero-order chi connectivity index (χ0) is 37.7. The molecular weight excluding hydrogens is 691 g/mol. The second kappa shape index (κ2) is 14.2. The Balaban J connectivity index is 0.768. The maximum absolute atomic E-state index is 3.64.